The van der Waals surface area contributed by atoms with Gasteiger partial charge in [0.05, 0.1) is 12.2 Å². The zero-order valence-electron chi connectivity index (χ0n) is 18.4. The number of hydrogen-bond donors (Lipinski definition) is 1. The van der Waals surface area contributed by atoms with Crippen LogP contribution in [0.4, 0.5) is 0 Å². The fourth-order valence-electron chi connectivity index (χ4n) is 4.62. The van der Waals surface area contributed by atoms with Gasteiger partial charge in [-0.05, 0) is 49.8 Å². The first-order chi connectivity index (χ1) is 15.6. The van der Waals surface area contributed by atoms with Crippen molar-refractivity contribution in [3.05, 3.63) is 60.1 Å². The average Bonchev–Trinajstić information content (AvgIpc) is 3.38. The van der Waals surface area contributed by atoms with E-state index in [0.717, 1.165) is 37.7 Å². The number of carbonyl (C=O) groups is 3. The summed E-state index contributed by atoms with van der Waals surface area (Å²) in [7, 11) is 0. The molecular formula is C25H31N3O4. The molecule has 1 unspecified atom stereocenters. The van der Waals surface area contributed by atoms with E-state index in [1.807, 2.05) is 35.2 Å². The number of piperidine rings is 2. The van der Waals surface area contributed by atoms with E-state index in [9.17, 15) is 14.4 Å². The van der Waals surface area contributed by atoms with Gasteiger partial charge in [0, 0.05) is 38.6 Å². The molecule has 170 valence electrons. The Balaban J connectivity index is 1.21. The predicted molar refractivity (Wildman–Crippen MR) is 120 cm³/mol. The first-order valence-electron chi connectivity index (χ1n) is 11.5. The molecule has 1 aromatic carbocycles. The molecule has 1 N–H and O–H groups in total. The Morgan fingerprint density at radius 2 is 1.72 bits per heavy atom. The van der Waals surface area contributed by atoms with Gasteiger partial charge in [-0.2, -0.15) is 0 Å². The lowest BCUT2D eigenvalue weighted by Gasteiger charge is -2.37. The monoisotopic (exact) mass is 437 g/mol. The lowest BCUT2D eigenvalue weighted by molar-refractivity contribution is -0.138. The van der Waals surface area contributed by atoms with E-state index in [4.69, 9.17) is 4.42 Å². The largest absolute Gasteiger partial charge is 0.459 e. The van der Waals surface area contributed by atoms with Gasteiger partial charge in [0.15, 0.2) is 5.76 Å². The van der Waals surface area contributed by atoms with E-state index in [0.29, 0.717) is 38.4 Å². The van der Waals surface area contributed by atoms with Gasteiger partial charge in [0.25, 0.3) is 5.91 Å². The maximum Gasteiger partial charge on any atom is 0.289 e. The third-order valence-corrected chi connectivity index (χ3v) is 6.45. The van der Waals surface area contributed by atoms with Gasteiger partial charge < -0.3 is 19.5 Å². The molecule has 1 atom stereocenters. The van der Waals surface area contributed by atoms with Crippen molar-refractivity contribution in [3.63, 3.8) is 0 Å². The molecule has 0 radical (unpaired) electrons. The van der Waals surface area contributed by atoms with Crippen molar-refractivity contribution in [2.24, 2.45) is 5.92 Å². The van der Waals surface area contributed by atoms with E-state index in [1.54, 1.807) is 17.0 Å². The molecule has 2 aliphatic rings. The van der Waals surface area contributed by atoms with Gasteiger partial charge in [0.1, 0.15) is 0 Å². The lowest BCUT2D eigenvalue weighted by Crippen LogP contribution is -2.51. The zero-order chi connectivity index (χ0) is 22.3. The van der Waals surface area contributed by atoms with Crippen molar-refractivity contribution >= 4 is 17.7 Å². The lowest BCUT2D eigenvalue weighted by atomic mass is 9.94. The number of furan rings is 1. The number of rotatable bonds is 6. The Morgan fingerprint density at radius 3 is 2.44 bits per heavy atom. The van der Waals surface area contributed by atoms with Crippen molar-refractivity contribution in [3.8, 4) is 0 Å². The number of benzene rings is 1. The summed E-state index contributed by atoms with van der Waals surface area (Å²) in [6, 6.07) is 13.5. The van der Waals surface area contributed by atoms with Crippen molar-refractivity contribution < 1.29 is 18.8 Å². The van der Waals surface area contributed by atoms with Gasteiger partial charge in [-0.3, -0.25) is 14.4 Å². The van der Waals surface area contributed by atoms with Crippen molar-refractivity contribution in [1.29, 1.82) is 0 Å². The SMILES string of the molecule is O=C(CCc1ccccc1)NC1CCN(C(=O)C2CCCN(C(=O)c3ccco3)C2)CC1. The minimum atomic E-state index is -0.167. The molecule has 2 aliphatic heterocycles. The Morgan fingerprint density at radius 1 is 0.938 bits per heavy atom. The van der Waals surface area contributed by atoms with Gasteiger partial charge in [-0.25, -0.2) is 0 Å². The first kappa shape index (κ1) is 22.1. The molecule has 0 saturated carbocycles. The van der Waals surface area contributed by atoms with Crippen LogP contribution in [0.1, 0.15) is 48.2 Å². The van der Waals surface area contributed by atoms with Crippen LogP contribution in [-0.4, -0.2) is 59.7 Å². The van der Waals surface area contributed by atoms with Crippen molar-refractivity contribution in [2.45, 2.75) is 44.6 Å². The summed E-state index contributed by atoms with van der Waals surface area (Å²) < 4.78 is 5.23. The molecule has 2 aromatic rings. The summed E-state index contributed by atoms with van der Waals surface area (Å²) >= 11 is 0. The van der Waals surface area contributed by atoms with Crippen LogP contribution in [0.5, 0.6) is 0 Å². The molecule has 7 nitrogen and oxygen atoms in total. The first-order valence-corrected chi connectivity index (χ1v) is 11.5. The number of hydrogen-bond acceptors (Lipinski definition) is 4. The van der Waals surface area contributed by atoms with Crippen molar-refractivity contribution in [1.82, 2.24) is 15.1 Å². The Bertz CT molecular complexity index is 905. The highest BCUT2D eigenvalue weighted by molar-refractivity contribution is 5.92. The molecule has 2 fully saturated rings. The predicted octanol–water partition coefficient (Wildman–Crippen LogP) is 2.87. The summed E-state index contributed by atoms with van der Waals surface area (Å²) in [6.45, 7) is 2.38. The third-order valence-electron chi connectivity index (χ3n) is 6.45. The zero-order valence-corrected chi connectivity index (χ0v) is 18.4. The molecule has 7 heteroatoms. The molecule has 0 bridgehead atoms. The summed E-state index contributed by atoms with van der Waals surface area (Å²) in [4.78, 5) is 41.6. The van der Waals surface area contributed by atoms with Gasteiger partial charge in [0.2, 0.25) is 11.8 Å². The van der Waals surface area contributed by atoms with Crippen LogP contribution < -0.4 is 5.32 Å². The second-order valence-electron chi connectivity index (χ2n) is 8.72. The van der Waals surface area contributed by atoms with Crippen molar-refractivity contribution in [2.75, 3.05) is 26.2 Å². The minimum Gasteiger partial charge on any atom is -0.459 e. The number of likely N-dealkylation sites (tertiary alicyclic amines) is 2. The molecule has 3 heterocycles. The van der Waals surface area contributed by atoms with Crippen LogP contribution in [-0.2, 0) is 16.0 Å². The summed E-state index contributed by atoms with van der Waals surface area (Å²) in [5.74, 6) is 0.194. The van der Waals surface area contributed by atoms with Crippen LogP contribution in [0.15, 0.2) is 53.1 Å². The van der Waals surface area contributed by atoms with E-state index >= 15 is 0 Å². The van der Waals surface area contributed by atoms with Crippen LogP contribution >= 0.6 is 0 Å². The van der Waals surface area contributed by atoms with E-state index in [-0.39, 0.29) is 29.7 Å². The Labute approximate surface area is 188 Å². The van der Waals surface area contributed by atoms with E-state index in [1.165, 1.54) is 6.26 Å². The maximum atomic E-state index is 13.1. The molecular weight excluding hydrogens is 406 g/mol. The molecule has 0 spiro atoms. The van der Waals surface area contributed by atoms with Crippen LogP contribution in [0.25, 0.3) is 0 Å². The number of nitrogens with zero attached hydrogens (tertiary/aromatic N) is 2. The quantitative estimate of drug-likeness (QED) is 0.753. The van der Waals surface area contributed by atoms with Crippen LogP contribution in [0.3, 0.4) is 0 Å². The topological polar surface area (TPSA) is 82.9 Å². The standard InChI is InChI=1S/C25H31N3O4/c29-23(11-10-19-6-2-1-3-7-19)26-21-12-15-27(16-13-21)24(30)20-8-4-14-28(18-20)25(31)22-9-5-17-32-22/h1-3,5-7,9,17,20-21H,4,8,10-16,18H2,(H,26,29). The normalized spacial score (nSPS) is 19.6. The van der Waals surface area contributed by atoms with E-state index < -0.39 is 0 Å². The third kappa shape index (κ3) is 5.58. The molecule has 0 aliphatic carbocycles. The Hall–Kier alpha value is -3.09. The van der Waals surface area contributed by atoms with Gasteiger partial charge >= 0.3 is 0 Å². The van der Waals surface area contributed by atoms with E-state index in [2.05, 4.69) is 5.32 Å². The number of carbonyl (C=O) groups excluding carboxylic acids is 3. The summed E-state index contributed by atoms with van der Waals surface area (Å²) in [5.41, 5.74) is 1.16. The maximum absolute atomic E-state index is 13.1. The Kier molecular flexibility index (Phi) is 7.24. The molecule has 4 rings (SSSR count). The molecule has 1 aromatic heterocycles. The summed E-state index contributed by atoms with van der Waals surface area (Å²) in [5, 5.41) is 3.13. The fourth-order valence-corrected chi connectivity index (χ4v) is 4.62. The highest BCUT2D eigenvalue weighted by Crippen LogP contribution is 2.23. The number of amides is 3. The minimum absolute atomic E-state index is 0.0676. The fraction of sp³-hybridized carbons (Fsp3) is 0.480. The van der Waals surface area contributed by atoms with Gasteiger partial charge in [-0.15, -0.1) is 0 Å². The highest BCUT2D eigenvalue weighted by atomic mass is 16.3. The van der Waals surface area contributed by atoms with Crippen LogP contribution in [0, 0.1) is 5.92 Å². The number of nitrogens with one attached hydrogen (secondary N) is 1. The second-order valence-corrected chi connectivity index (χ2v) is 8.72. The number of aryl methyl sites for hydroxylation is 1. The molecule has 2 saturated heterocycles. The summed E-state index contributed by atoms with van der Waals surface area (Å²) in [6.07, 6.45) is 5.86. The van der Waals surface area contributed by atoms with Gasteiger partial charge in [-0.1, -0.05) is 30.3 Å². The smallest absolute Gasteiger partial charge is 0.289 e. The molecule has 3 amide bonds. The molecule has 32 heavy (non-hydrogen) atoms. The average molecular weight is 438 g/mol. The highest BCUT2D eigenvalue weighted by Gasteiger charge is 2.33. The second kappa shape index (κ2) is 10.5. The van der Waals surface area contributed by atoms with Crippen LogP contribution in [0.2, 0.25) is 0 Å².